The molecule has 1 radical (unpaired) electrons. The van der Waals surface area contributed by atoms with Gasteiger partial charge in [-0.05, 0) is 85.3 Å². The number of benzene rings is 2. The molecular formula is C26H36ClFN3O3. The summed E-state index contributed by atoms with van der Waals surface area (Å²) in [5.74, 6) is -1.43. The van der Waals surface area contributed by atoms with Gasteiger partial charge in [-0.15, -0.1) is 10.3 Å². The van der Waals surface area contributed by atoms with Crippen LogP contribution in [0.3, 0.4) is 0 Å². The van der Waals surface area contributed by atoms with Crippen LogP contribution in [0.2, 0.25) is 5.02 Å². The van der Waals surface area contributed by atoms with Gasteiger partial charge in [0.05, 0.1) is 17.1 Å². The zero-order valence-electron chi connectivity index (χ0n) is 21.1. The average molecular weight is 493 g/mol. The summed E-state index contributed by atoms with van der Waals surface area (Å²) in [6.07, 6.45) is 1.76. The molecule has 0 aromatic heterocycles. The van der Waals surface area contributed by atoms with Gasteiger partial charge in [-0.3, -0.25) is 4.79 Å². The van der Waals surface area contributed by atoms with Crippen molar-refractivity contribution in [3.63, 3.8) is 0 Å². The Morgan fingerprint density at radius 1 is 1.18 bits per heavy atom. The second-order valence-electron chi connectivity index (χ2n) is 10.4. The molecule has 0 atom stereocenters. The molecule has 8 heteroatoms. The van der Waals surface area contributed by atoms with Gasteiger partial charge >= 0.3 is 5.97 Å². The summed E-state index contributed by atoms with van der Waals surface area (Å²) in [4.78, 5) is 13.1. The van der Waals surface area contributed by atoms with Crippen molar-refractivity contribution >= 4 is 28.9 Å². The molecule has 1 saturated heterocycles. The topological polar surface area (TPSA) is 75.7 Å². The largest absolute Gasteiger partial charge is 0.481 e. The number of aryl methyl sites for hydroxylation is 1. The van der Waals surface area contributed by atoms with Crippen LogP contribution in [0.1, 0.15) is 51.7 Å². The summed E-state index contributed by atoms with van der Waals surface area (Å²) in [7, 11) is 4.19. The van der Waals surface area contributed by atoms with E-state index in [1.807, 2.05) is 40.7 Å². The summed E-state index contributed by atoms with van der Waals surface area (Å²) >= 11 is 5.95. The van der Waals surface area contributed by atoms with Crippen LogP contribution in [-0.2, 0) is 16.4 Å². The number of halogens is 2. The lowest BCUT2D eigenvalue weighted by molar-refractivity contribution is -0.293. The normalized spacial score (nSPS) is 17.7. The summed E-state index contributed by atoms with van der Waals surface area (Å²) in [5.41, 5.74) is 1.71. The van der Waals surface area contributed by atoms with Crippen molar-refractivity contribution in [2.24, 2.45) is 0 Å². The standard InChI is InChI=1S/C15H13ClFNO2.C11H23N2O/c1-9-5-6-13(10(7-9)8-14(19)20)18-15-11(16)3-2-4-12(15)17;1-10(2)7-9(12(5)6)8-11(3,4)13(10)14/h2-7,18H,8H2,1H3,(H,19,20);9H,7-8H2,1-6H3. The molecule has 1 aliphatic rings. The molecule has 1 fully saturated rings. The Morgan fingerprint density at radius 3 is 2.26 bits per heavy atom. The van der Waals surface area contributed by atoms with E-state index in [9.17, 15) is 14.4 Å². The Kier molecular flexibility index (Phi) is 9.10. The number of hydrogen-bond acceptors (Lipinski definition) is 4. The molecule has 2 aromatic rings. The molecule has 0 bridgehead atoms. The Hall–Kier alpha value is -2.19. The molecule has 187 valence electrons. The highest BCUT2D eigenvalue weighted by molar-refractivity contribution is 6.33. The van der Waals surface area contributed by atoms with Crippen molar-refractivity contribution in [2.45, 2.75) is 71.0 Å². The summed E-state index contributed by atoms with van der Waals surface area (Å²) in [6.45, 7) is 10.0. The van der Waals surface area contributed by atoms with Crippen LogP contribution in [0, 0.1) is 12.7 Å². The molecule has 34 heavy (non-hydrogen) atoms. The van der Waals surface area contributed by atoms with Crippen LogP contribution in [-0.4, -0.2) is 52.3 Å². The Morgan fingerprint density at radius 2 is 1.76 bits per heavy atom. The number of para-hydroxylation sites is 1. The second kappa shape index (κ2) is 11.0. The third kappa shape index (κ3) is 7.15. The highest BCUT2D eigenvalue weighted by atomic mass is 35.5. The quantitative estimate of drug-likeness (QED) is 0.529. The lowest BCUT2D eigenvalue weighted by Gasteiger charge is -2.51. The first kappa shape index (κ1) is 28.1. The van der Waals surface area contributed by atoms with Gasteiger partial charge in [0.2, 0.25) is 0 Å². The number of carboxylic acids is 1. The lowest BCUT2D eigenvalue weighted by Crippen LogP contribution is -2.61. The predicted octanol–water partition coefficient (Wildman–Crippen LogP) is 6.07. The minimum Gasteiger partial charge on any atom is -0.481 e. The van der Waals surface area contributed by atoms with E-state index in [0.717, 1.165) is 18.4 Å². The summed E-state index contributed by atoms with van der Waals surface area (Å²) in [5, 5.41) is 25.4. The van der Waals surface area contributed by atoms with Gasteiger partial charge < -0.3 is 15.3 Å². The van der Waals surface area contributed by atoms with Crippen molar-refractivity contribution in [2.75, 3.05) is 19.4 Å². The van der Waals surface area contributed by atoms with Crippen LogP contribution in [0.15, 0.2) is 36.4 Å². The lowest BCUT2D eigenvalue weighted by atomic mass is 9.78. The fourth-order valence-corrected chi connectivity index (χ4v) is 4.69. The number of aliphatic carboxylic acids is 1. The molecule has 0 unspecified atom stereocenters. The van der Waals surface area contributed by atoms with Crippen LogP contribution in [0.4, 0.5) is 15.8 Å². The highest BCUT2D eigenvalue weighted by Gasteiger charge is 2.46. The first-order valence-electron chi connectivity index (χ1n) is 11.3. The number of piperidine rings is 1. The molecule has 2 N–H and O–H groups in total. The van der Waals surface area contributed by atoms with E-state index in [4.69, 9.17) is 16.7 Å². The van der Waals surface area contributed by atoms with E-state index >= 15 is 0 Å². The Labute approximate surface area is 207 Å². The van der Waals surface area contributed by atoms with Crippen LogP contribution in [0.25, 0.3) is 0 Å². The maximum absolute atomic E-state index is 13.7. The zero-order valence-corrected chi connectivity index (χ0v) is 21.8. The molecule has 6 nitrogen and oxygen atoms in total. The summed E-state index contributed by atoms with van der Waals surface area (Å²) < 4.78 is 13.7. The molecule has 0 spiro atoms. The third-order valence-electron chi connectivity index (χ3n) is 6.13. The minimum absolute atomic E-state index is 0.143. The van der Waals surface area contributed by atoms with E-state index in [1.165, 1.54) is 17.2 Å². The second-order valence-corrected chi connectivity index (χ2v) is 10.8. The maximum atomic E-state index is 13.7. The fraction of sp³-hybridized carbons (Fsp3) is 0.500. The van der Waals surface area contributed by atoms with Crippen molar-refractivity contribution in [3.05, 3.63) is 58.4 Å². The van der Waals surface area contributed by atoms with Crippen LogP contribution >= 0.6 is 11.6 Å². The molecule has 3 rings (SSSR count). The van der Waals surface area contributed by atoms with E-state index in [2.05, 4.69) is 24.3 Å². The van der Waals surface area contributed by atoms with Gasteiger partial charge in [0.15, 0.2) is 0 Å². The SMILES string of the molecule is CN(C)C1CC(C)(C)N([O])C(C)(C)C1.Cc1ccc(Nc2c(F)cccc2Cl)c(CC(=O)O)c1. The number of hydroxylamine groups is 2. The van der Waals surface area contributed by atoms with Gasteiger partial charge in [0.25, 0.3) is 0 Å². The summed E-state index contributed by atoms with van der Waals surface area (Å²) in [6, 6.07) is 10.2. The highest BCUT2D eigenvalue weighted by Crippen LogP contribution is 2.38. The Balaban J connectivity index is 0.000000257. The van der Waals surface area contributed by atoms with Crippen molar-refractivity contribution in [3.8, 4) is 0 Å². The third-order valence-corrected chi connectivity index (χ3v) is 6.44. The van der Waals surface area contributed by atoms with E-state index in [0.29, 0.717) is 17.3 Å². The molecule has 0 aliphatic carbocycles. The first-order chi connectivity index (χ1) is 15.6. The maximum Gasteiger partial charge on any atom is 0.307 e. The number of carbonyl (C=O) groups is 1. The van der Waals surface area contributed by atoms with Gasteiger partial charge in [0.1, 0.15) is 5.82 Å². The van der Waals surface area contributed by atoms with E-state index in [-0.39, 0.29) is 28.2 Å². The molecule has 0 amide bonds. The van der Waals surface area contributed by atoms with Gasteiger partial charge in [-0.1, -0.05) is 35.4 Å². The molecule has 1 aliphatic heterocycles. The number of nitrogens with zero attached hydrogens (tertiary/aromatic N) is 2. The van der Waals surface area contributed by atoms with Crippen LogP contribution < -0.4 is 5.32 Å². The number of hydrogen-bond donors (Lipinski definition) is 2. The van der Waals surface area contributed by atoms with E-state index < -0.39 is 11.8 Å². The molecule has 1 heterocycles. The number of anilines is 2. The van der Waals surface area contributed by atoms with Crippen molar-refractivity contribution in [1.29, 1.82) is 0 Å². The molecule has 2 aromatic carbocycles. The van der Waals surface area contributed by atoms with Gasteiger partial charge in [-0.2, -0.15) is 0 Å². The minimum atomic E-state index is -0.946. The monoisotopic (exact) mass is 492 g/mol. The smallest absolute Gasteiger partial charge is 0.307 e. The molecular weight excluding hydrogens is 457 g/mol. The molecule has 0 saturated carbocycles. The fourth-order valence-electron chi connectivity index (χ4n) is 4.48. The van der Waals surface area contributed by atoms with Crippen molar-refractivity contribution < 1.29 is 19.5 Å². The van der Waals surface area contributed by atoms with Gasteiger partial charge in [-0.25, -0.2) is 4.39 Å². The number of nitrogens with one attached hydrogen (secondary N) is 1. The number of rotatable bonds is 5. The predicted molar refractivity (Wildman–Crippen MR) is 135 cm³/mol. The van der Waals surface area contributed by atoms with Crippen molar-refractivity contribution in [1.82, 2.24) is 9.96 Å². The Bertz CT molecular complexity index is 973. The zero-order chi connectivity index (χ0) is 25.8. The first-order valence-corrected chi connectivity index (χ1v) is 11.7. The number of carboxylic acid groups (broad SMARTS) is 1. The van der Waals surface area contributed by atoms with Gasteiger partial charge in [0, 0.05) is 22.8 Å². The van der Waals surface area contributed by atoms with E-state index in [1.54, 1.807) is 18.2 Å². The average Bonchev–Trinajstić information content (AvgIpc) is 2.70. The van der Waals surface area contributed by atoms with Crippen LogP contribution in [0.5, 0.6) is 0 Å².